The maximum absolute atomic E-state index is 9.08. The van der Waals surface area contributed by atoms with Gasteiger partial charge < -0.3 is 4.90 Å². The van der Waals surface area contributed by atoms with Gasteiger partial charge in [0, 0.05) is 17.1 Å². The van der Waals surface area contributed by atoms with Gasteiger partial charge in [-0.2, -0.15) is 0 Å². The molecule has 3 heteroatoms. The summed E-state index contributed by atoms with van der Waals surface area (Å²) in [5.74, 6) is 0. The van der Waals surface area contributed by atoms with Crippen LogP contribution in [-0.4, -0.2) is 14.8 Å². The van der Waals surface area contributed by atoms with Crippen LogP contribution in [0.2, 0.25) is 0 Å². The Labute approximate surface area is 326 Å². The third-order valence-corrected chi connectivity index (χ3v) is 16.1. The molecule has 1 nitrogen and oxygen atoms in total. The smallest absolute Gasteiger partial charge is 0.244 e. The minimum atomic E-state index is -2.95. The molecule has 3 heterocycles. The molecule has 0 aliphatic carbocycles. The van der Waals surface area contributed by atoms with Gasteiger partial charge in [-0.15, -0.1) is 0 Å². The van der Waals surface area contributed by atoms with E-state index < -0.39 is 68.5 Å². The van der Waals surface area contributed by atoms with Crippen molar-refractivity contribution in [1.29, 1.82) is 0 Å². The number of para-hydroxylation sites is 2. The van der Waals surface area contributed by atoms with Crippen molar-refractivity contribution >= 4 is 69.0 Å². The lowest BCUT2D eigenvalue weighted by molar-refractivity contribution is 1.29. The Balaban J connectivity index is 1.24. The second-order valence-corrected chi connectivity index (χ2v) is 17.3. The molecule has 53 heavy (non-hydrogen) atoms. The Hall–Kier alpha value is -6.42. The first-order valence-corrected chi connectivity index (χ1v) is 19.7. The van der Waals surface area contributed by atoms with Crippen molar-refractivity contribution in [3.63, 3.8) is 0 Å². The van der Waals surface area contributed by atoms with Crippen LogP contribution >= 0.6 is 0 Å². The summed E-state index contributed by atoms with van der Waals surface area (Å²) in [7, 11) is -2.95. The van der Waals surface area contributed by atoms with Gasteiger partial charge in [-0.25, -0.2) is 0 Å². The number of fused-ring (bicyclic) bond motifs is 7. The number of nitrogens with zero attached hydrogens (tertiary/aromatic N) is 1. The molecule has 8 aromatic rings. The molecule has 11 rings (SSSR count). The highest BCUT2D eigenvalue weighted by atomic mass is 28.3. The fraction of sp³-hybridized carbons (Fsp3) is 0. The van der Waals surface area contributed by atoms with Crippen LogP contribution in [0.4, 0.5) is 17.1 Å². The van der Waals surface area contributed by atoms with Gasteiger partial charge in [-0.3, -0.25) is 0 Å². The minimum Gasteiger partial charge on any atom is -0.310 e. The lowest BCUT2D eigenvalue weighted by atomic mass is 9.39. The summed E-state index contributed by atoms with van der Waals surface area (Å²) < 4.78 is 87.5. The van der Waals surface area contributed by atoms with Crippen LogP contribution in [0, 0.1) is 0 Å². The molecular weight excluding hydrogens is 653 g/mol. The zero-order valence-corrected chi connectivity index (χ0v) is 29.4. The van der Waals surface area contributed by atoms with Crippen LogP contribution in [-0.2, 0) is 0 Å². The Bertz CT molecular complexity index is 3140. The van der Waals surface area contributed by atoms with E-state index in [0.717, 1.165) is 27.7 Å². The molecule has 0 spiro atoms. The highest BCUT2D eigenvalue weighted by molar-refractivity contribution is 7.30. The average molecular weight is 698 g/mol. The van der Waals surface area contributed by atoms with Gasteiger partial charge in [-0.05, 0) is 103 Å². The quantitative estimate of drug-likeness (QED) is 0.157. The van der Waals surface area contributed by atoms with E-state index in [2.05, 4.69) is 109 Å². The fourth-order valence-electron chi connectivity index (χ4n) is 9.20. The third-order valence-electron chi connectivity index (χ3n) is 11.1. The number of rotatable bonds is 6. The summed E-state index contributed by atoms with van der Waals surface area (Å²) in [6, 6.07) is 45.2. The van der Waals surface area contributed by atoms with Crippen molar-refractivity contribution in [2.24, 2.45) is 0 Å². The van der Waals surface area contributed by atoms with Gasteiger partial charge in [0.15, 0.2) is 8.07 Å². The van der Waals surface area contributed by atoms with E-state index in [1.807, 2.05) is 30.3 Å². The third kappa shape index (κ3) is 4.32. The Morgan fingerprint density at radius 2 is 1.02 bits per heavy atom. The van der Waals surface area contributed by atoms with E-state index in [0.29, 0.717) is 0 Å². The predicted molar refractivity (Wildman–Crippen MR) is 228 cm³/mol. The first-order chi connectivity index (χ1) is 30.5. The van der Waals surface area contributed by atoms with Crippen LogP contribution in [0.15, 0.2) is 206 Å². The molecule has 0 atom stereocenters. The molecule has 0 fully saturated rings. The Morgan fingerprint density at radius 3 is 1.66 bits per heavy atom. The summed E-state index contributed by atoms with van der Waals surface area (Å²) in [4.78, 5) is 1.25. The highest BCUT2D eigenvalue weighted by Gasteiger charge is 2.58. The summed E-state index contributed by atoms with van der Waals surface area (Å²) in [6.07, 6.45) is 0. The standard InChI is InChI=1S/C50H34BNSi/c1-6-18-35(19-7-1)36-32-44-43-34-39(52(37-20-8-2-9-21-37)38-22-10-3-11-23-38)30-31-46(43)51-48(44)45(33-36)50-49(51)42-28-16-17-29-47(42)53(50,40-24-12-4-13-25-40)41-26-14-5-15-27-41/h1-34H/i2D,3D,8D,9D,10D,11D,20D,21D,22D,23D. The molecule has 0 bridgehead atoms. The first-order valence-electron chi connectivity index (χ1n) is 22.7. The maximum Gasteiger partial charge on any atom is 0.244 e. The second kappa shape index (κ2) is 11.8. The van der Waals surface area contributed by atoms with Crippen LogP contribution < -0.4 is 31.4 Å². The van der Waals surface area contributed by atoms with Crippen molar-refractivity contribution in [3.8, 4) is 22.3 Å². The molecular formula is C50H34BNSi. The first kappa shape index (κ1) is 21.8. The van der Waals surface area contributed by atoms with Crippen molar-refractivity contribution < 1.29 is 13.7 Å². The Morgan fingerprint density at radius 1 is 0.453 bits per heavy atom. The van der Waals surface area contributed by atoms with E-state index in [4.69, 9.17) is 13.7 Å². The lowest BCUT2D eigenvalue weighted by Crippen LogP contribution is -2.67. The van der Waals surface area contributed by atoms with Crippen LogP contribution in [0.1, 0.15) is 24.8 Å². The topological polar surface area (TPSA) is 3.24 Å². The Kier molecular flexibility index (Phi) is 4.87. The van der Waals surface area contributed by atoms with Gasteiger partial charge in [0.25, 0.3) is 0 Å². The normalized spacial score (nSPS) is 16.7. The molecule has 3 aliphatic rings. The summed E-state index contributed by atoms with van der Waals surface area (Å²) >= 11 is 0. The van der Waals surface area contributed by atoms with Gasteiger partial charge in [0.05, 0.1) is 13.7 Å². The van der Waals surface area contributed by atoms with Gasteiger partial charge in [0.1, 0.15) is 0 Å². The number of anilines is 3. The second-order valence-electron chi connectivity index (χ2n) is 13.7. The van der Waals surface area contributed by atoms with E-state index in [9.17, 15) is 0 Å². The van der Waals surface area contributed by atoms with Gasteiger partial charge in [-0.1, -0.05) is 174 Å². The zero-order valence-electron chi connectivity index (χ0n) is 38.4. The molecule has 0 aromatic heterocycles. The molecule has 0 unspecified atom stereocenters. The fourth-order valence-corrected chi connectivity index (χ4v) is 14.7. The van der Waals surface area contributed by atoms with Crippen molar-refractivity contribution in [2.45, 2.75) is 0 Å². The van der Waals surface area contributed by atoms with Crippen LogP contribution in [0.3, 0.4) is 0 Å². The maximum atomic E-state index is 9.08. The minimum absolute atomic E-state index is 0.170. The number of hydrogen-bond donors (Lipinski definition) is 0. The van der Waals surface area contributed by atoms with Gasteiger partial charge >= 0.3 is 0 Å². The molecule has 8 aromatic carbocycles. The van der Waals surface area contributed by atoms with Crippen molar-refractivity contribution in [3.05, 3.63) is 217 Å². The van der Waals surface area contributed by atoms with E-state index in [-0.39, 0.29) is 23.8 Å². The number of hydrogen-bond acceptors (Lipinski definition) is 1. The molecule has 3 aliphatic heterocycles. The van der Waals surface area contributed by atoms with Gasteiger partial charge in [0.2, 0.25) is 6.71 Å². The zero-order chi connectivity index (χ0) is 43.6. The molecule has 0 amide bonds. The molecule has 0 saturated carbocycles. The largest absolute Gasteiger partial charge is 0.310 e. The summed E-state index contributed by atoms with van der Waals surface area (Å²) in [6.45, 7) is -0.170. The van der Waals surface area contributed by atoms with Crippen LogP contribution in [0.5, 0.6) is 0 Å². The van der Waals surface area contributed by atoms with E-state index in [1.165, 1.54) is 47.7 Å². The lowest BCUT2D eigenvalue weighted by Gasteiger charge is -2.34. The summed E-state index contributed by atoms with van der Waals surface area (Å²) in [5.41, 5.74) is 9.34. The highest BCUT2D eigenvalue weighted by Crippen LogP contribution is 2.50. The molecule has 246 valence electrons. The monoisotopic (exact) mass is 697 g/mol. The predicted octanol–water partition coefficient (Wildman–Crippen LogP) is 8.90. The average Bonchev–Trinajstić information content (AvgIpc) is 3.95. The molecule has 0 N–H and O–H groups in total. The summed E-state index contributed by atoms with van der Waals surface area (Å²) in [5, 5.41) is 5.25. The van der Waals surface area contributed by atoms with Crippen molar-refractivity contribution in [1.82, 2.24) is 0 Å². The van der Waals surface area contributed by atoms with Crippen molar-refractivity contribution in [2.75, 3.05) is 4.90 Å². The van der Waals surface area contributed by atoms with Crippen LogP contribution in [0.25, 0.3) is 32.9 Å². The van der Waals surface area contributed by atoms with E-state index in [1.54, 1.807) is 6.07 Å². The molecule has 0 radical (unpaired) electrons. The number of benzene rings is 8. The SMILES string of the molecule is [2H]c1c([2H])c([2H])c(N(c2ccc3c(c2)-c2cc(-c4ccccc4)cc4c2B3C2=C4[Si](c3ccccc3)(c3ccccc3)c3ccccc32)c2c([2H])c([2H])c([2H])c([2H])c2[2H])c([2H])c1[2H]. The van der Waals surface area contributed by atoms with E-state index >= 15 is 0 Å². The molecule has 0 saturated heterocycles.